The lowest BCUT2D eigenvalue weighted by Crippen LogP contribution is -2.52. The number of nitrogens with zero attached hydrogens (tertiary/aromatic N) is 1. The number of rotatable bonds is 4. The van der Waals surface area contributed by atoms with E-state index < -0.39 is 0 Å². The van der Waals surface area contributed by atoms with Crippen LogP contribution in [0.5, 0.6) is 0 Å². The molecule has 3 aliphatic rings. The summed E-state index contributed by atoms with van der Waals surface area (Å²) in [5, 5.41) is 0.442. The third kappa shape index (κ3) is 3.64. The Hall–Kier alpha value is -1.09. The van der Waals surface area contributed by atoms with Crippen molar-refractivity contribution in [3.8, 4) is 0 Å². The summed E-state index contributed by atoms with van der Waals surface area (Å²) < 4.78 is 13.3. The maximum Gasteiger partial charge on any atom is 0.226 e. The van der Waals surface area contributed by atoms with Crippen molar-refractivity contribution in [2.75, 3.05) is 6.54 Å². The second-order valence-corrected chi connectivity index (χ2v) is 9.46. The minimum absolute atomic E-state index is 0.00654. The van der Waals surface area contributed by atoms with Gasteiger partial charge in [-0.3, -0.25) is 4.79 Å². The Labute approximate surface area is 167 Å². The highest BCUT2D eigenvalue weighted by molar-refractivity contribution is 6.31. The van der Waals surface area contributed by atoms with Crippen LogP contribution < -0.4 is 0 Å². The summed E-state index contributed by atoms with van der Waals surface area (Å²) in [6, 6.07) is 4.54. The van der Waals surface area contributed by atoms with Gasteiger partial charge in [0.1, 0.15) is 5.82 Å². The fourth-order valence-corrected chi connectivity index (χ4v) is 6.46. The van der Waals surface area contributed by atoms with Crippen molar-refractivity contribution in [1.29, 1.82) is 0 Å². The van der Waals surface area contributed by atoms with Crippen LogP contribution in [-0.2, 0) is 11.2 Å². The minimum Gasteiger partial charge on any atom is -0.337 e. The molecule has 2 bridgehead atoms. The van der Waals surface area contributed by atoms with Gasteiger partial charge < -0.3 is 4.90 Å². The molecule has 1 saturated heterocycles. The van der Waals surface area contributed by atoms with E-state index in [1.54, 1.807) is 6.07 Å². The van der Waals surface area contributed by atoms with Gasteiger partial charge >= 0.3 is 0 Å². The number of carbonyl (C=O) groups excluding carboxylic acids is 1. The Morgan fingerprint density at radius 1 is 1.22 bits per heavy atom. The van der Waals surface area contributed by atoms with Crippen molar-refractivity contribution in [3.05, 3.63) is 34.6 Å². The summed E-state index contributed by atoms with van der Waals surface area (Å²) >= 11 is 6.21. The second-order valence-electron chi connectivity index (χ2n) is 9.06. The molecule has 4 rings (SSSR count). The van der Waals surface area contributed by atoms with Crippen LogP contribution in [0.3, 0.4) is 0 Å². The molecular formula is C23H31ClFNO. The average molecular weight is 392 g/mol. The molecule has 1 aromatic rings. The molecule has 2 saturated carbocycles. The minimum atomic E-state index is -0.320. The lowest BCUT2D eigenvalue weighted by atomic mass is 9.70. The van der Waals surface area contributed by atoms with Crippen LogP contribution >= 0.6 is 11.6 Å². The molecule has 0 N–H and O–H groups in total. The number of amides is 1. The van der Waals surface area contributed by atoms with Gasteiger partial charge in [0.25, 0.3) is 0 Å². The molecule has 2 aliphatic carbocycles. The Balaban J connectivity index is 1.51. The highest BCUT2D eigenvalue weighted by Crippen LogP contribution is 2.49. The van der Waals surface area contributed by atoms with Crippen LogP contribution in [0.2, 0.25) is 5.02 Å². The van der Waals surface area contributed by atoms with Gasteiger partial charge in [-0.15, -0.1) is 0 Å². The largest absolute Gasteiger partial charge is 0.337 e. The number of carbonyl (C=O) groups is 1. The third-order valence-corrected chi connectivity index (χ3v) is 7.99. The topological polar surface area (TPSA) is 20.3 Å². The van der Waals surface area contributed by atoms with Crippen LogP contribution in [-0.4, -0.2) is 22.9 Å². The number of hydrogen-bond acceptors (Lipinski definition) is 1. The number of halogens is 2. The molecule has 0 aromatic heterocycles. The predicted octanol–water partition coefficient (Wildman–Crippen LogP) is 6.01. The lowest BCUT2D eigenvalue weighted by molar-refractivity contribution is -0.138. The highest BCUT2D eigenvalue weighted by atomic mass is 35.5. The molecule has 0 radical (unpaired) electrons. The Kier molecular flexibility index (Phi) is 5.51. The first-order chi connectivity index (χ1) is 13.0. The van der Waals surface area contributed by atoms with E-state index in [2.05, 4.69) is 11.8 Å². The van der Waals surface area contributed by atoms with E-state index in [9.17, 15) is 9.18 Å². The van der Waals surface area contributed by atoms with E-state index in [4.69, 9.17) is 11.6 Å². The van der Waals surface area contributed by atoms with Crippen LogP contribution in [0.1, 0.15) is 70.3 Å². The van der Waals surface area contributed by atoms with Gasteiger partial charge in [0, 0.05) is 23.0 Å². The number of hydrogen-bond donors (Lipinski definition) is 0. The lowest BCUT2D eigenvalue weighted by Gasteiger charge is -2.47. The van der Waals surface area contributed by atoms with Gasteiger partial charge in [-0.1, -0.05) is 56.7 Å². The molecule has 3 fully saturated rings. The first-order valence-corrected chi connectivity index (χ1v) is 11.2. The number of likely N-dealkylation sites (tertiary alicyclic amines) is 1. The van der Waals surface area contributed by atoms with Gasteiger partial charge in [0.05, 0.1) is 0 Å². The van der Waals surface area contributed by atoms with E-state index in [1.807, 2.05) is 0 Å². The predicted molar refractivity (Wildman–Crippen MR) is 107 cm³/mol. The maximum absolute atomic E-state index is 13.4. The number of fused-ring (bicyclic) bond motifs is 2. The molecule has 27 heavy (non-hydrogen) atoms. The zero-order valence-electron chi connectivity index (χ0n) is 16.4. The van der Waals surface area contributed by atoms with Gasteiger partial charge in [0.2, 0.25) is 5.91 Å². The third-order valence-electron chi connectivity index (χ3n) is 7.64. The van der Waals surface area contributed by atoms with Crippen molar-refractivity contribution in [2.45, 2.75) is 76.7 Å². The fraction of sp³-hybridized carbons (Fsp3) is 0.696. The molecule has 148 valence electrons. The van der Waals surface area contributed by atoms with Crippen LogP contribution in [0.15, 0.2) is 18.2 Å². The summed E-state index contributed by atoms with van der Waals surface area (Å²) in [5.74, 6) is 1.63. The quantitative estimate of drug-likeness (QED) is 0.615. The molecule has 2 nitrogen and oxygen atoms in total. The normalized spacial score (nSPS) is 34.0. The zero-order chi connectivity index (χ0) is 19.0. The smallest absolute Gasteiger partial charge is 0.226 e. The number of benzene rings is 1. The monoisotopic (exact) mass is 391 g/mol. The SMILES string of the molecule is CCC1CCCC2(N3CCC(Cc4ccc(F)cc4Cl)C3=O)CCCC1C2. The van der Waals surface area contributed by atoms with Crippen molar-refractivity contribution in [3.63, 3.8) is 0 Å². The van der Waals surface area contributed by atoms with Crippen molar-refractivity contribution >= 4 is 17.5 Å². The van der Waals surface area contributed by atoms with Gasteiger partial charge in [-0.2, -0.15) is 0 Å². The first kappa shape index (κ1) is 19.2. The molecule has 1 heterocycles. The Morgan fingerprint density at radius 3 is 2.74 bits per heavy atom. The maximum atomic E-state index is 13.4. The van der Waals surface area contributed by atoms with E-state index in [0.717, 1.165) is 30.4 Å². The fourth-order valence-electron chi connectivity index (χ4n) is 6.21. The van der Waals surface area contributed by atoms with Crippen LogP contribution in [0.4, 0.5) is 4.39 Å². The molecular weight excluding hydrogens is 361 g/mol. The molecule has 1 aliphatic heterocycles. The summed E-state index contributed by atoms with van der Waals surface area (Å²) in [4.78, 5) is 15.6. The molecule has 1 aromatic carbocycles. The van der Waals surface area contributed by atoms with Crippen LogP contribution in [0, 0.1) is 23.6 Å². The van der Waals surface area contributed by atoms with E-state index in [0.29, 0.717) is 17.4 Å². The molecule has 4 atom stereocenters. The van der Waals surface area contributed by atoms with Crippen molar-refractivity contribution in [2.24, 2.45) is 17.8 Å². The van der Waals surface area contributed by atoms with E-state index >= 15 is 0 Å². The molecule has 0 spiro atoms. The molecule has 4 unspecified atom stereocenters. The van der Waals surface area contributed by atoms with Crippen molar-refractivity contribution < 1.29 is 9.18 Å². The van der Waals surface area contributed by atoms with Gasteiger partial charge in [0.15, 0.2) is 0 Å². The van der Waals surface area contributed by atoms with Crippen LogP contribution in [0.25, 0.3) is 0 Å². The summed E-state index contributed by atoms with van der Waals surface area (Å²) in [6.07, 6.45) is 11.6. The summed E-state index contributed by atoms with van der Waals surface area (Å²) in [7, 11) is 0. The molecule has 4 heteroatoms. The highest BCUT2D eigenvalue weighted by Gasteiger charge is 2.49. The van der Waals surface area contributed by atoms with Gasteiger partial charge in [-0.25, -0.2) is 4.39 Å². The van der Waals surface area contributed by atoms with E-state index in [1.165, 1.54) is 63.5 Å². The second kappa shape index (κ2) is 7.73. The van der Waals surface area contributed by atoms with Gasteiger partial charge in [-0.05, 0) is 61.6 Å². The molecule has 1 amide bonds. The first-order valence-electron chi connectivity index (χ1n) is 10.8. The Morgan fingerprint density at radius 2 is 2.00 bits per heavy atom. The zero-order valence-corrected chi connectivity index (χ0v) is 17.1. The average Bonchev–Trinajstić information content (AvgIpc) is 2.96. The summed E-state index contributed by atoms with van der Waals surface area (Å²) in [6.45, 7) is 3.21. The standard InChI is InChI=1S/C23H31ClFNO/c1-2-16-5-3-10-23(11-4-6-19(16)15-23)26-12-9-18(22(26)27)13-17-7-8-20(25)14-21(17)24/h7-8,14,16,18-19H,2-6,9-13,15H2,1H3. The summed E-state index contributed by atoms with van der Waals surface area (Å²) in [5.41, 5.74) is 0.995. The Bertz CT molecular complexity index is 708. The van der Waals surface area contributed by atoms with Crippen molar-refractivity contribution in [1.82, 2.24) is 4.90 Å². The van der Waals surface area contributed by atoms with E-state index in [-0.39, 0.29) is 17.3 Å².